The highest BCUT2D eigenvalue weighted by atomic mass is 16.7. The van der Waals surface area contributed by atoms with E-state index in [0.29, 0.717) is 45.9 Å². The number of ether oxygens (including phenoxy) is 5. The van der Waals surface area contributed by atoms with E-state index < -0.39 is 0 Å². The van der Waals surface area contributed by atoms with Crippen LogP contribution < -0.4 is 29.0 Å². The summed E-state index contributed by atoms with van der Waals surface area (Å²) in [5, 5.41) is 2.78. The zero-order chi connectivity index (χ0) is 20.2. The predicted octanol–water partition coefficient (Wildman–Crippen LogP) is 3.87. The number of hydrogen-bond acceptors (Lipinski definition) is 7. The average Bonchev–Trinajstić information content (AvgIpc) is 3.22. The van der Waals surface area contributed by atoms with Gasteiger partial charge < -0.3 is 29.0 Å². The van der Waals surface area contributed by atoms with Gasteiger partial charge in [-0.2, -0.15) is 0 Å². The van der Waals surface area contributed by atoms with Gasteiger partial charge in [-0.3, -0.25) is 4.79 Å². The van der Waals surface area contributed by atoms with Crippen molar-refractivity contribution in [3.8, 4) is 34.6 Å². The van der Waals surface area contributed by atoms with Crippen LogP contribution in [-0.4, -0.2) is 31.9 Å². The Morgan fingerprint density at radius 1 is 0.966 bits per heavy atom. The van der Waals surface area contributed by atoms with Gasteiger partial charge in [0.05, 0.1) is 26.1 Å². The monoisotopic (exact) mass is 394 g/mol. The molecule has 0 bridgehead atoms. The number of fused-ring (bicyclic) bond motifs is 1. The van der Waals surface area contributed by atoms with Gasteiger partial charge >= 0.3 is 0 Å². The molecule has 1 aromatic heterocycles. The first-order chi connectivity index (χ1) is 14.2. The third-order valence-electron chi connectivity index (χ3n) is 4.21. The Morgan fingerprint density at radius 2 is 1.79 bits per heavy atom. The molecular formula is C21H18N2O6. The molecule has 2 aromatic carbocycles. The molecule has 0 aliphatic carbocycles. The number of hydrogen-bond donors (Lipinski definition) is 1. The Morgan fingerprint density at radius 3 is 2.55 bits per heavy atom. The number of carbonyl (C=O) groups excluding carboxylic acids is 1. The van der Waals surface area contributed by atoms with Gasteiger partial charge in [0.15, 0.2) is 23.0 Å². The third kappa shape index (κ3) is 4.01. The topological polar surface area (TPSA) is 88.1 Å². The molecule has 1 aliphatic heterocycles. The van der Waals surface area contributed by atoms with Crippen molar-refractivity contribution in [3.63, 3.8) is 0 Å². The molecule has 0 saturated heterocycles. The number of amides is 1. The highest BCUT2D eigenvalue weighted by Crippen LogP contribution is 2.36. The van der Waals surface area contributed by atoms with Gasteiger partial charge in [-0.25, -0.2) is 4.98 Å². The van der Waals surface area contributed by atoms with Crippen molar-refractivity contribution in [3.05, 3.63) is 60.3 Å². The normalized spacial score (nSPS) is 11.7. The Labute approximate surface area is 166 Å². The van der Waals surface area contributed by atoms with Crippen molar-refractivity contribution in [2.24, 2.45) is 0 Å². The Hall–Kier alpha value is -3.94. The van der Waals surface area contributed by atoms with Crippen molar-refractivity contribution in [1.29, 1.82) is 0 Å². The van der Waals surface area contributed by atoms with E-state index >= 15 is 0 Å². The van der Waals surface area contributed by atoms with Gasteiger partial charge in [0.25, 0.3) is 5.91 Å². The van der Waals surface area contributed by atoms with Crippen LogP contribution in [0.15, 0.2) is 54.7 Å². The van der Waals surface area contributed by atoms with E-state index in [4.69, 9.17) is 23.7 Å². The Balaban J connectivity index is 1.42. The number of benzene rings is 2. The number of aromatic nitrogens is 1. The van der Waals surface area contributed by atoms with Crippen LogP contribution in [0.1, 0.15) is 10.4 Å². The van der Waals surface area contributed by atoms with E-state index in [0.717, 1.165) is 0 Å². The van der Waals surface area contributed by atoms with Gasteiger partial charge in [0.2, 0.25) is 12.7 Å². The summed E-state index contributed by atoms with van der Waals surface area (Å²) in [6.07, 6.45) is 1.51. The van der Waals surface area contributed by atoms with E-state index in [1.165, 1.54) is 20.4 Å². The number of pyridine rings is 1. The summed E-state index contributed by atoms with van der Waals surface area (Å²) in [6, 6.07) is 13.6. The standard InChI is InChI=1S/C21H18N2O6/c1-25-16-6-3-13(9-18(16)26-2)21(24)23-14-4-8-20(22-11-14)29-15-5-7-17-19(10-15)28-12-27-17/h3-11H,12H2,1-2H3,(H,23,24). The molecule has 0 unspecified atom stereocenters. The molecule has 4 rings (SSSR count). The molecule has 29 heavy (non-hydrogen) atoms. The number of anilines is 1. The molecule has 0 atom stereocenters. The summed E-state index contributed by atoms with van der Waals surface area (Å²) in [4.78, 5) is 16.7. The fourth-order valence-electron chi connectivity index (χ4n) is 2.76. The largest absolute Gasteiger partial charge is 0.493 e. The lowest BCUT2D eigenvalue weighted by Gasteiger charge is -2.10. The Kier molecular flexibility index (Phi) is 5.07. The molecule has 1 amide bonds. The number of nitrogens with zero attached hydrogens (tertiary/aromatic N) is 1. The third-order valence-corrected chi connectivity index (χ3v) is 4.21. The van der Waals surface area contributed by atoms with E-state index in [2.05, 4.69) is 10.3 Å². The number of nitrogens with one attached hydrogen (secondary N) is 1. The van der Waals surface area contributed by atoms with E-state index in [1.54, 1.807) is 48.5 Å². The van der Waals surface area contributed by atoms with Crippen LogP contribution in [0.5, 0.6) is 34.6 Å². The zero-order valence-electron chi connectivity index (χ0n) is 15.8. The van der Waals surface area contributed by atoms with Crippen LogP contribution in [-0.2, 0) is 0 Å². The van der Waals surface area contributed by atoms with Crippen molar-refractivity contribution in [1.82, 2.24) is 4.98 Å². The minimum atomic E-state index is -0.294. The van der Waals surface area contributed by atoms with Gasteiger partial charge in [0.1, 0.15) is 5.75 Å². The van der Waals surface area contributed by atoms with E-state index in [9.17, 15) is 4.79 Å². The lowest BCUT2D eigenvalue weighted by Crippen LogP contribution is -2.12. The van der Waals surface area contributed by atoms with Crippen LogP contribution in [0.2, 0.25) is 0 Å². The number of methoxy groups -OCH3 is 2. The second-order valence-electron chi connectivity index (χ2n) is 6.03. The first kappa shape index (κ1) is 18.4. The van der Waals surface area contributed by atoms with Crippen LogP contribution in [0.4, 0.5) is 5.69 Å². The Bertz CT molecular complexity index is 1040. The van der Waals surface area contributed by atoms with Gasteiger partial charge in [0, 0.05) is 17.7 Å². The fourth-order valence-corrected chi connectivity index (χ4v) is 2.76. The lowest BCUT2D eigenvalue weighted by molar-refractivity contribution is 0.102. The van der Waals surface area contributed by atoms with Crippen molar-refractivity contribution in [2.45, 2.75) is 0 Å². The summed E-state index contributed by atoms with van der Waals surface area (Å²) in [7, 11) is 3.05. The van der Waals surface area contributed by atoms with Crippen molar-refractivity contribution >= 4 is 11.6 Å². The second-order valence-corrected chi connectivity index (χ2v) is 6.03. The summed E-state index contributed by atoms with van der Waals surface area (Å²) in [5.74, 6) is 3.00. The SMILES string of the molecule is COc1ccc(C(=O)Nc2ccc(Oc3ccc4c(c3)OCO4)nc2)cc1OC. The maximum absolute atomic E-state index is 12.5. The molecular weight excluding hydrogens is 376 g/mol. The predicted molar refractivity (Wildman–Crippen MR) is 104 cm³/mol. The minimum Gasteiger partial charge on any atom is -0.493 e. The number of carbonyl (C=O) groups is 1. The quantitative estimate of drug-likeness (QED) is 0.679. The molecule has 3 aromatic rings. The van der Waals surface area contributed by atoms with Gasteiger partial charge in [-0.1, -0.05) is 0 Å². The van der Waals surface area contributed by atoms with Gasteiger partial charge in [-0.15, -0.1) is 0 Å². The van der Waals surface area contributed by atoms with Crippen molar-refractivity contribution in [2.75, 3.05) is 26.3 Å². The molecule has 0 spiro atoms. The van der Waals surface area contributed by atoms with Crippen molar-refractivity contribution < 1.29 is 28.5 Å². The first-order valence-electron chi connectivity index (χ1n) is 8.73. The van der Waals surface area contributed by atoms with Crippen LogP contribution in [0, 0.1) is 0 Å². The molecule has 0 saturated carbocycles. The zero-order valence-corrected chi connectivity index (χ0v) is 15.8. The molecule has 1 aliphatic rings. The van der Waals surface area contributed by atoms with E-state index in [1.807, 2.05) is 0 Å². The summed E-state index contributed by atoms with van der Waals surface area (Å²) in [6.45, 7) is 0.200. The molecule has 2 heterocycles. The molecule has 0 fully saturated rings. The lowest BCUT2D eigenvalue weighted by atomic mass is 10.2. The first-order valence-corrected chi connectivity index (χ1v) is 8.73. The van der Waals surface area contributed by atoms with E-state index in [-0.39, 0.29) is 12.7 Å². The maximum Gasteiger partial charge on any atom is 0.255 e. The van der Waals surface area contributed by atoms with Crippen LogP contribution >= 0.6 is 0 Å². The highest BCUT2D eigenvalue weighted by molar-refractivity contribution is 6.04. The fraction of sp³-hybridized carbons (Fsp3) is 0.143. The smallest absolute Gasteiger partial charge is 0.255 e. The highest BCUT2D eigenvalue weighted by Gasteiger charge is 2.15. The van der Waals surface area contributed by atoms with Crippen LogP contribution in [0.3, 0.4) is 0 Å². The molecule has 1 N–H and O–H groups in total. The molecule has 8 heteroatoms. The number of rotatable bonds is 6. The minimum absolute atomic E-state index is 0.200. The summed E-state index contributed by atoms with van der Waals surface area (Å²) >= 11 is 0. The summed E-state index contributed by atoms with van der Waals surface area (Å²) < 4.78 is 26.7. The molecule has 8 nitrogen and oxygen atoms in total. The second kappa shape index (κ2) is 7.97. The average molecular weight is 394 g/mol. The van der Waals surface area contributed by atoms with Crippen LogP contribution in [0.25, 0.3) is 0 Å². The van der Waals surface area contributed by atoms with Gasteiger partial charge in [-0.05, 0) is 36.4 Å². The molecule has 148 valence electrons. The maximum atomic E-state index is 12.5. The summed E-state index contributed by atoms with van der Waals surface area (Å²) in [5.41, 5.74) is 0.964. The molecule has 0 radical (unpaired) electrons.